The van der Waals surface area contributed by atoms with Gasteiger partial charge in [-0.05, 0) is 88.1 Å². The number of piperidine rings is 2. The van der Waals surface area contributed by atoms with Crippen LogP contribution in [0.15, 0.2) is 46.2 Å². The van der Waals surface area contributed by atoms with Crippen LogP contribution >= 0.6 is 11.8 Å². The van der Waals surface area contributed by atoms with Gasteiger partial charge < -0.3 is 14.5 Å². The topological polar surface area (TPSA) is 37.7 Å². The molecule has 0 amide bonds. The molecule has 5 nitrogen and oxygen atoms in total. The minimum absolute atomic E-state index is 0.0102. The van der Waals surface area contributed by atoms with Crippen molar-refractivity contribution in [1.29, 1.82) is 0 Å². The molecule has 11 heteroatoms. The number of hydrogen-bond donors (Lipinski definition) is 0. The van der Waals surface area contributed by atoms with Crippen molar-refractivity contribution < 1.29 is 26.7 Å². The molecule has 0 radical (unpaired) electrons. The van der Waals surface area contributed by atoms with E-state index >= 15 is 8.78 Å². The van der Waals surface area contributed by atoms with E-state index in [1.54, 1.807) is 17.6 Å². The average Bonchev–Trinajstić information content (AvgIpc) is 3.44. The van der Waals surface area contributed by atoms with Crippen LogP contribution < -0.4 is 10.3 Å². The Morgan fingerprint density at radius 3 is 2.36 bits per heavy atom. The molecule has 242 valence electrons. The predicted molar refractivity (Wildman–Crippen MR) is 166 cm³/mol. The van der Waals surface area contributed by atoms with E-state index in [1.165, 1.54) is 50.3 Å². The Labute approximate surface area is 264 Å². The lowest BCUT2D eigenvalue weighted by atomic mass is 9.92. The van der Waals surface area contributed by atoms with Gasteiger partial charge in [0.15, 0.2) is 11.6 Å². The molecule has 1 aromatic heterocycles. The highest BCUT2D eigenvalue weighted by molar-refractivity contribution is 7.99. The molecule has 3 aliphatic rings. The Balaban J connectivity index is 1.40. The van der Waals surface area contributed by atoms with Crippen molar-refractivity contribution in [2.75, 3.05) is 45.6 Å². The molecule has 3 aliphatic heterocycles. The Bertz CT molecular complexity index is 1610. The highest BCUT2D eigenvalue weighted by Gasteiger charge is 2.37. The number of methoxy groups -OCH3 is 1. The lowest BCUT2D eigenvalue weighted by molar-refractivity contribution is -0.138. The molecule has 45 heavy (non-hydrogen) atoms. The van der Waals surface area contributed by atoms with Crippen molar-refractivity contribution in [1.82, 2.24) is 14.4 Å². The molecule has 2 fully saturated rings. The summed E-state index contributed by atoms with van der Waals surface area (Å²) >= 11 is 1.40. The SMILES string of the molecule is COc1cccc(-c2c(C)c(Cc3c(F)cccc3C(F)(F)F)c3n(c2=O)C(CN2CCC(N4CCCCC4)CC2)CS3)c1F. The first-order valence-electron chi connectivity index (χ1n) is 15.6. The predicted octanol–water partition coefficient (Wildman–Crippen LogP) is 7.32. The molecule has 0 aliphatic carbocycles. The number of likely N-dealkylation sites (tertiary alicyclic amines) is 2. The van der Waals surface area contributed by atoms with Gasteiger partial charge in [0.2, 0.25) is 0 Å². The van der Waals surface area contributed by atoms with Crippen LogP contribution in [-0.2, 0) is 12.6 Å². The summed E-state index contributed by atoms with van der Waals surface area (Å²) in [4.78, 5) is 19.3. The monoisotopic (exact) mass is 647 g/mol. The number of thioether (sulfide) groups is 1. The fraction of sp³-hybridized carbons (Fsp3) is 0.500. The number of pyridine rings is 1. The Morgan fingerprint density at radius 1 is 0.956 bits per heavy atom. The Hall–Kier alpha value is -2.89. The minimum atomic E-state index is -4.77. The molecular formula is C34H38F5N3O2S. The number of rotatable bonds is 7. The number of halogens is 5. The standard InChI is InChI=1S/C34H38F5N3O2S/c1-21-25(18-26-27(34(37,38)39)9-7-10-28(26)35)33-42(32(43)30(21)24-8-6-11-29(44-2)31(24)36)23(20-45-33)19-40-16-12-22(13-17-40)41-14-4-3-5-15-41/h6-11,22-23H,3-5,12-20H2,1-2H3. The van der Waals surface area contributed by atoms with E-state index < -0.39 is 34.5 Å². The van der Waals surface area contributed by atoms with Crippen LogP contribution in [0, 0.1) is 18.6 Å². The lowest BCUT2D eigenvalue weighted by Crippen LogP contribution is -2.48. The van der Waals surface area contributed by atoms with Gasteiger partial charge in [-0.25, -0.2) is 8.78 Å². The van der Waals surface area contributed by atoms with Gasteiger partial charge in [-0.3, -0.25) is 9.36 Å². The Morgan fingerprint density at radius 2 is 1.67 bits per heavy atom. The van der Waals surface area contributed by atoms with Crippen molar-refractivity contribution in [3.8, 4) is 16.9 Å². The van der Waals surface area contributed by atoms with E-state index in [-0.39, 0.29) is 29.3 Å². The molecule has 0 spiro atoms. The number of benzene rings is 2. The first kappa shape index (κ1) is 32.1. The second-order valence-corrected chi connectivity index (χ2v) is 13.3. The number of nitrogens with zero attached hydrogens (tertiary/aromatic N) is 3. The third kappa shape index (κ3) is 6.27. The molecule has 4 heterocycles. The minimum Gasteiger partial charge on any atom is -0.494 e. The normalized spacial score (nSPS) is 20.0. The van der Waals surface area contributed by atoms with Gasteiger partial charge in [0, 0.05) is 35.9 Å². The van der Waals surface area contributed by atoms with Crippen molar-refractivity contribution in [2.45, 2.75) is 68.7 Å². The Kier molecular flexibility index (Phi) is 9.32. The quantitative estimate of drug-likeness (QED) is 0.252. The fourth-order valence-corrected chi connectivity index (χ4v) is 8.69. The van der Waals surface area contributed by atoms with Crippen LogP contribution in [0.5, 0.6) is 5.75 Å². The molecule has 3 aromatic rings. The van der Waals surface area contributed by atoms with Crippen LogP contribution in [0.2, 0.25) is 0 Å². The maximum atomic E-state index is 15.7. The van der Waals surface area contributed by atoms with Gasteiger partial charge in [-0.15, -0.1) is 11.8 Å². The van der Waals surface area contributed by atoms with Crippen molar-refractivity contribution >= 4 is 11.8 Å². The smallest absolute Gasteiger partial charge is 0.416 e. The molecule has 0 saturated carbocycles. The van der Waals surface area contributed by atoms with Crippen LogP contribution in [0.3, 0.4) is 0 Å². The molecule has 1 unspecified atom stereocenters. The first-order valence-corrected chi connectivity index (χ1v) is 16.6. The lowest BCUT2D eigenvalue weighted by Gasteiger charge is -2.40. The summed E-state index contributed by atoms with van der Waals surface area (Å²) in [6.45, 7) is 6.30. The van der Waals surface area contributed by atoms with Gasteiger partial charge in [0.05, 0.1) is 29.3 Å². The number of fused-ring (bicyclic) bond motifs is 1. The van der Waals surface area contributed by atoms with E-state index in [0.717, 1.165) is 57.2 Å². The second-order valence-electron chi connectivity index (χ2n) is 12.3. The summed E-state index contributed by atoms with van der Waals surface area (Å²) < 4.78 is 79.6. The molecule has 1 atom stereocenters. The summed E-state index contributed by atoms with van der Waals surface area (Å²) in [6, 6.07) is 7.73. The number of alkyl halides is 3. The van der Waals surface area contributed by atoms with E-state index in [0.29, 0.717) is 34.5 Å². The summed E-state index contributed by atoms with van der Waals surface area (Å²) in [7, 11) is 1.33. The molecule has 6 rings (SSSR count). The highest BCUT2D eigenvalue weighted by atomic mass is 32.2. The molecule has 0 bridgehead atoms. The molecule has 2 aromatic carbocycles. The first-order chi connectivity index (χ1) is 21.6. The van der Waals surface area contributed by atoms with Crippen LogP contribution in [0.4, 0.5) is 22.0 Å². The maximum Gasteiger partial charge on any atom is 0.416 e. The van der Waals surface area contributed by atoms with Gasteiger partial charge >= 0.3 is 6.18 Å². The number of aromatic nitrogens is 1. The zero-order valence-electron chi connectivity index (χ0n) is 25.6. The van der Waals surface area contributed by atoms with E-state index in [4.69, 9.17) is 4.74 Å². The zero-order valence-corrected chi connectivity index (χ0v) is 26.4. The second kappa shape index (κ2) is 13.1. The maximum absolute atomic E-state index is 15.7. The van der Waals surface area contributed by atoms with Gasteiger partial charge in [-0.2, -0.15) is 13.2 Å². The van der Waals surface area contributed by atoms with E-state index in [1.807, 2.05) is 0 Å². The zero-order chi connectivity index (χ0) is 31.9. The van der Waals surface area contributed by atoms with Gasteiger partial charge in [0.1, 0.15) is 5.82 Å². The summed E-state index contributed by atoms with van der Waals surface area (Å²) in [6.07, 6.45) is 0.729. The van der Waals surface area contributed by atoms with Crippen LogP contribution in [-0.4, -0.2) is 66.0 Å². The summed E-state index contributed by atoms with van der Waals surface area (Å²) in [5.74, 6) is -1.20. The van der Waals surface area contributed by atoms with Crippen molar-refractivity contribution in [3.63, 3.8) is 0 Å². The fourth-order valence-electron chi connectivity index (χ4n) is 7.32. The van der Waals surface area contributed by atoms with Crippen molar-refractivity contribution in [3.05, 3.63) is 80.6 Å². The van der Waals surface area contributed by atoms with Crippen LogP contribution in [0.1, 0.15) is 60.4 Å². The summed E-state index contributed by atoms with van der Waals surface area (Å²) in [5, 5.41) is 0.522. The van der Waals surface area contributed by atoms with E-state index in [2.05, 4.69) is 9.80 Å². The van der Waals surface area contributed by atoms with Crippen molar-refractivity contribution in [2.24, 2.45) is 0 Å². The largest absolute Gasteiger partial charge is 0.494 e. The van der Waals surface area contributed by atoms with Crippen LogP contribution in [0.25, 0.3) is 11.1 Å². The van der Waals surface area contributed by atoms with Gasteiger partial charge in [0.25, 0.3) is 5.56 Å². The number of hydrogen-bond acceptors (Lipinski definition) is 5. The van der Waals surface area contributed by atoms with E-state index in [9.17, 15) is 18.0 Å². The molecule has 2 saturated heterocycles. The average molecular weight is 648 g/mol. The molecular weight excluding hydrogens is 609 g/mol. The third-order valence-electron chi connectivity index (χ3n) is 9.68. The molecule has 0 N–H and O–H groups in total. The highest BCUT2D eigenvalue weighted by Crippen LogP contribution is 2.42. The third-order valence-corrected chi connectivity index (χ3v) is 10.9. The number of ether oxygens (including phenoxy) is 1. The summed E-state index contributed by atoms with van der Waals surface area (Å²) in [5.41, 5.74) is -1.14. The van der Waals surface area contributed by atoms with Gasteiger partial charge in [-0.1, -0.05) is 24.6 Å².